The lowest BCUT2D eigenvalue weighted by Crippen LogP contribution is -2.08. The minimum Gasteiger partial charge on any atom is -0.463 e. The third-order valence-electron chi connectivity index (χ3n) is 2.76. The van der Waals surface area contributed by atoms with Crippen molar-refractivity contribution in [1.82, 2.24) is 0 Å². The van der Waals surface area contributed by atoms with E-state index in [-0.39, 0.29) is 12.1 Å². The Labute approximate surface area is 104 Å². The number of carbonyl (C=O) groups is 1. The van der Waals surface area contributed by atoms with Gasteiger partial charge in [-0.05, 0) is 12.8 Å². The minimum absolute atomic E-state index is 0.150. The molecule has 1 unspecified atom stereocenters. The van der Waals surface area contributed by atoms with E-state index in [4.69, 9.17) is 9.47 Å². The summed E-state index contributed by atoms with van der Waals surface area (Å²) in [6.45, 7) is 3.38. The molecule has 1 rings (SSSR count). The van der Waals surface area contributed by atoms with E-state index in [0.29, 0.717) is 13.0 Å². The Balaban J connectivity index is 1.84. The lowest BCUT2D eigenvalue weighted by molar-refractivity contribution is -0.143. The molecule has 1 heterocycles. The Morgan fingerprint density at radius 2 is 2.06 bits per heavy atom. The Morgan fingerprint density at radius 1 is 1.29 bits per heavy atom. The van der Waals surface area contributed by atoms with Crippen molar-refractivity contribution in [3.8, 4) is 0 Å². The van der Waals surface area contributed by atoms with Gasteiger partial charge in [-0.15, -0.1) is 0 Å². The van der Waals surface area contributed by atoms with Crippen LogP contribution < -0.4 is 0 Å². The van der Waals surface area contributed by atoms with Crippen LogP contribution in [0.3, 0.4) is 0 Å². The highest BCUT2D eigenvalue weighted by molar-refractivity contribution is 5.71. The summed E-state index contributed by atoms with van der Waals surface area (Å²) < 4.78 is 9.96. The molecule has 0 aromatic heterocycles. The Morgan fingerprint density at radius 3 is 2.76 bits per heavy atom. The van der Waals surface area contributed by atoms with Crippen molar-refractivity contribution in [3.05, 3.63) is 12.2 Å². The van der Waals surface area contributed by atoms with Crippen LogP contribution in [-0.4, -0.2) is 25.3 Å². The molecular weight excluding hydrogens is 216 g/mol. The Kier molecular flexibility index (Phi) is 7.72. The zero-order valence-electron chi connectivity index (χ0n) is 10.8. The molecule has 3 nitrogen and oxygen atoms in total. The Bertz CT molecular complexity index is 232. The zero-order valence-corrected chi connectivity index (χ0v) is 10.8. The van der Waals surface area contributed by atoms with Crippen LogP contribution >= 0.6 is 0 Å². The highest BCUT2D eigenvalue weighted by Crippen LogP contribution is 2.09. The van der Waals surface area contributed by atoms with E-state index in [2.05, 4.69) is 13.0 Å². The van der Waals surface area contributed by atoms with Gasteiger partial charge in [0.1, 0.15) is 12.7 Å². The summed E-state index contributed by atoms with van der Waals surface area (Å²) in [5.41, 5.74) is 0. The van der Waals surface area contributed by atoms with Crippen molar-refractivity contribution in [2.24, 2.45) is 0 Å². The molecule has 0 aromatic rings. The second kappa shape index (κ2) is 9.23. The molecule has 0 saturated carbocycles. The monoisotopic (exact) mass is 240 g/mol. The van der Waals surface area contributed by atoms with Gasteiger partial charge in [0.2, 0.25) is 0 Å². The number of hydrogen-bond acceptors (Lipinski definition) is 3. The lowest BCUT2D eigenvalue weighted by atomic mass is 10.1. The van der Waals surface area contributed by atoms with Crippen LogP contribution in [0.15, 0.2) is 12.2 Å². The fraction of sp³-hybridized carbons (Fsp3) is 0.786. The fourth-order valence-corrected chi connectivity index (χ4v) is 1.57. The summed E-state index contributed by atoms with van der Waals surface area (Å²) in [6.07, 6.45) is 12.1. The van der Waals surface area contributed by atoms with Gasteiger partial charge in [-0.1, -0.05) is 44.8 Å². The molecule has 0 N–H and O–H groups in total. The van der Waals surface area contributed by atoms with Crippen molar-refractivity contribution in [2.75, 3.05) is 13.2 Å². The molecule has 1 aliphatic rings. The molecule has 0 amide bonds. The van der Waals surface area contributed by atoms with Gasteiger partial charge in [-0.25, -0.2) is 0 Å². The van der Waals surface area contributed by atoms with Crippen LogP contribution in [0, 0.1) is 0 Å². The number of unbranched alkanes of at least 4 members (excludes halogenated alkanes) is 5. The average molecular weight is 240 g/mol. The second-order valence-electron chi connectivity index (χ2n) is 4.52. The van der Waals surface area contributed by atoms with Crippen molar-refractivity contribution in [2.45, 2.75) is 58.0 Å². The SMILES string of the molecule is CCCCCCC/C=C/CC(=O)OCC1CO1. The molecule has 17 heavy (non-hydrogen) atoms. The highest BCUT2D eigenvalue weighted by Gasteiger charge is 2.23. The van der Waals surface area contributed by atoms with Crippen LogP contribution in [0.2, 0.25) is 0 Å². The van der Waals surface area contributed by atoms with E-state index in [1.54, 1.807) is 0 Å². The first-order valence-corrected chi connectivity index (χ1v) is 6.75. The van der Waals surface area contributed by atoms with Crippen LogP contribution in [0.25, 0.3) is 0 Å². The van der Waals surface area contributed by atoms with Gasteiger partial charge >= 0.3 is 5.97 Å². The van der Waals surface area contributed by atoms with Gasteiger partial charge in [0, 0.05) is 0 Å². The third kappa shape index (κ3) is 8.93. The first kappa shape index (κ1) is 14.2. The van der Waals surface area contributed by atoms with Crippen LogP contribution in [0.1, 0.15) is 51.9 Å². The number of esters is 1. The van der Waals surface area contributed by atoms with Crippen molar-refractivity contribution >= 4 is 5.97 Å². The van der Waals surface area contributed by atoms with Crippen LogP contribution in [0.4, 0.5) is 0 Å². The molecular formula is C14H24O3. The molecule has 0 spiro atoms. The zero-order chi connectivity index (χ0) is 12.3. The third-order valence-corrected chi connectivity index (χ3v) is 2.76. The van der Waals surface area contributed by atoms with Gasteiger partial charge in [0.25, 0.3) is 0 Å². The van der Waals surface area contributed by atoms with E-state index < -0.39 is 0 Å². The van der Waals surface area contributed by atoms with E-state index in [1.165, 1.54) is 32.1 Å². The summed E-state index contributed by atoms with van der Waals surface area (Å²) in [4.78, 5) is 11.2. The predicted octanol–water partition coefficient (Wildman–Crippen LogP) is 3.24. The number of ether oxygens (including phenoxy) is 2. The standard InChI is InChI=1S/C14H24O3/c1-2-3-4-5-6-7-8-9-10-14(15)17-12-13-11-16-13/h8-9,13H,2-7,10-12H2,1H3/b9-8+. The van der Waals surface area contributed by atoms with Crippen LogP contribution in [0.5, 0.6) is 0 Å². The van der Waals surface area contributed by atoms with E-state index in [1.807, 2.05) is 6.08 Å². The summed E-state index contributed by atoms with van der Waals surface area (Å²) in [5.74, 6) is -0.150. The van der Waals surface area contributed by atoms with E-state index >= 15 is 0 Å². The van der Waals surface area contributed by atoms with Gasteiger partial charge < -0.3 is 9.47 Å². The smallest absolute Gasteiger partial charge is 0.309 e. The number of rotatable bonds is 10. The molecule has 0 aromatic carbocycles. The van der Waals surface area contributed by atoms with Crippen LogP contribution in [-0.2, 0) is 14.3 Å². The summed E-state index contributed by atoms with van der Waals surface area (Å²) in [6, 6.07) is 0. The van der Waals surface area contributed by atoms with Crippen molar-refractivity contribution in [1.29, 1.82) is 0 Å². The molecule has 1 aliphatic heterocycles. The molecule has 1 saturated heterocycles. The molecule has 1 atom stereocenters. The maximum absolute atomic E-state index is 11.2. The van der Waals surface area contributed by atoms with Crippen molar-refractivity contribution < 1.29 is 14.3 Å². The lowest BCUT2D eigenvalue weighted by Gasteiger charge is -1.99. The van der Waals surface area contributed by atoms with Crippen molar-refractivity contribution in [3.63, 3.8) is 0 Å². The highest BCUT2D eigenvalue weighted by atomic mass is 16.6. The largest absolute Gasteiger partial charge is 0.463 e. The van der Waals surface area contributed by atoms with Gasteiger partial charge in [0.15, 0.2) is 0 Å². The molecule has 0 radical (unpaired) electrons. The second-order valence-corrected chi connectivity index (χ2v) is 4.52. The van der Waals surface area contributed by atoms with Gasteiger partial charge in [-0.3, -0.25) is 4.79 Å². The summed E-state index contributed by atoms with van der Waals surface area (Å²) >= 11 is 0. The maximum atomic E-state index is 11.2. The van der Waals surface area contributed by atoms with Gasteiger partial charge in [0.05, 0.1) is 13.0 Å². The fourth-order valence-electron chi connectivity index (χ4n) is 1.57. The topological polar surface area (TPSA) is 38.8 Å². The summed E-state index contributed by atoms with van der Waals surface area (Å²) in [7, 11) is 0. The quantitative estimate of drug-likeness (QED) is 0.255. The molecule has 0 aliphatic carbocycles. The predicted molar refractivity (Wildman–Crippen MR) is 67.8 cm³/mol. The maximum Gasteiger partial charge on any atom is 0.309 e. The molecule has 0 bridgehead atoms. The van der Waals surface area contributed by atoms with E-state index in [9.17, 15) is 4.79 Å². The minimum atomic E-state index is -0.150. The number of hydrogen-bond donors (Lipinski definition) is 0. The summed E-state index contributed by atoms with van der Waals surface area (Å²) in [5, 5.41) is 0. The van der Waals surface area contributed by atoms with E-state index in [0.717, 1.165) is 13.0 Å². The number of allylic oxidation sites excluding steroid dienone is 1. The average Bonchev–Trinajstić information content (AvgIpc) is 3.14. The normalized spacial score (nSPS) is 18.5. The first-order valence-electron chi connectivity index (χ1n) is 6.75. The van der Waals surface area contributed by atoms with Gasteiger partial charge in [-0.2, -0.15) is 0 Å². The first-order chi connectivity index (χ1) is 8.33. The Hall–Kier alpha value is -0.830. The molecule has 98 valence electrons. The molecule has 1 fully saturated rings. The molecule has 3 heteroatoms. The number of carbonyl (C=O) groups excluding carboxylic acids is 1. The number of epoxide rings is 1.